The van der Waals surface area contributed by atoms with E-state index in [0.29, 0.717) is 18.1 Å². The molecule has 0 aromatic carbocycles. The lowest BCUT2D eigenvalue weighted by molar-refractivity contribution is 0.111. The Morgan fingerprint density at radius 3 is 2.74 bits per heavy atom. The first-order valence-electron chi connectivity index (χ1n) is 7.39. The van der Waals surface area contributed by atoms with E-state index in [0.717, 1.165) is 19.6 Å². The van der Waals surface area contributed by atoms with Gasteiger partial charge in [-0.3, -0.25) is 0 Å². The number of rotatable bonds is 6. The van der Waals surface area contributed by atoms with Crippen LogP contribution in [0.15, 0.2) is 0 Å². The molecule has 1 N–H and O–H groups in total. The van der Waals surface area contributed by atoms with Crippen LogP contribution in [-0.4, -0.2) is 23.7 Å². The normalized spacial score (nSPS) is 19.8. The number of ether oxygens (including phenoxy) is 1. The van der Waals surface area contributed by atoms with Crippen molar-refractivity contribution in [2.24, 2.45) is 0 Å². The van der Waals surface area contributed by atoms with Crippen LogP contribution in [-0.2, 0) is 17.7 Å². The lowest BCUT2D eigenvalue weighted by atomic mass is 10.1. The van der Waals surface area contributed by atoms with Crippen molar-refractivity contribution in [3.05, 3.63) is 15.6 Å². The maximum Gasteiger partial charge on any atom is 0.0957 e. The molecule has 2 heterocycles. The quantitative estimate of drug-likeness (QED) is 0.867. The maximum atomic E-state index is 5.72. The van der Waals surface area contributed by atoms with Gasteiger partial charge in [0, 0.05) is 30.5 Å². The smallest absolute Gasteiger partial charge is 0.0957 e. The minimum atomic E-state index is 0.400. The van der Waals surface area contributed by atoms with E-state index in [1.807, 2.05) is 11.3 Å². The van der Waals surface area contributed by atoms with E-state index in [1.165, 1.54) is 28.4 Å². The van der Waals surface area contributed by atoms with Gasteiger partial charge < -0.3 is 10.1 Å². The van der Waals surface area contributed by atoms with Crippen molar-refractivity contribution in [2.45, 2.75) is 71.6 Å². The number of hydrogen-bond acceptors (Lipinski definition) is 4. The van der Waals surface area contributed by atoms with Crippen molar-refractivity contribution >= 4 is 11.3 Å². The molecule has 4 heteroatoms. The fraction of sp³-hybridized carbons (Fsp3) is 0.800. The van der Waals surface area contributed by atoms with Crippen LogP contribution in [0.1, 0.15) is 62.0 Å². The molecule has 1 aliphatic rings. The fourth-order valence-electron chi connectivity index (χ4n) is 2.38. The predicted octanol–water partition coefficient (Wildman–Crippen LogP) is 3.49. The second-order valence-electron chi connectivity index (χ2n) is 5.95. The molecule has 3 nitrogen and oxygen atoms in total. The van der Waals surface area contributed by atoms with Crippen molar-refractivity contribution < 1.29 is 4.74 Å². The average molecular weight is 282 g/mol. The minimum absolute atomic E-state index is 0.400. The van der Waals surface area contributed by atoms with Crippen molar-refractivity contribution in [3.63, 3.8) is 0 Å². The monoisotopic (exact) mass is 282 g/mol. The molecule has 108 valence electrons. The molecule has 1 aromatic rings. The van der Waals surface area contributed by atoms with Gasteiger partial charge in [0.15, 0.2) is 0 Å². The largest absolute Gasteiger partial charge is 0.378 e. The van der Waals surface area contributed by atoms with Gasteiger partial charge in [-0.15, -0.1) is 11.3 Å². The molecule has 0 radical (unpaired) electrons. The minimum Gasteiger partial charge on any atom is -0.378 e. The van der Waals surface area contributed by atoms with Gasteiger partial charge in [-0.25, -0.2) is 4.98 Å². The van der Waals surface area contributed by atoms with Gasteiger partial charge >= 0.3 is 0 Å². The summed E-state index contributed by atoms with van der Waals surface area (Å²) >= 11 is 1.86. The van der Waals surface area contributed by atoms with Gasteiger partial charge in [-0.2, -0.15) is 0 Å². The summed E-state index contributed by atoms with van der Waals surface area (Å²) in [5.41, 5.74) is 1.27. The van der Waals surface area contributed by atoms with Crippen LogP contribution in [0.3, 0.4) is 0 Å². The summed E-state index contributed by atoms with van der Waals surface area (Å²) < 4.78 is 5.72. The van der Waals surface area contributed by atoms with Crippen LogP contribution >= 0.6 is 11.3 Å². The second-order valence-corrected chi connectivity index (χ2v) is 7.11. The van der Waals surface area contributed by atoms with E-state index in [2.05, 4.69) is 33.0 Å². The van der Waals surface area contributed by atoms with E-state index in [9.17, 15) is 0 Å². The number of hydrogen-bond donors (Lipinski definition) is 1. The molecule has 1 aromatic heterocycles. The molecule has 1 fully saturated rings. The van der Waals surface area contributed by atoms with Crippen LogP contribution in [0.4, 0.5) is 0 Å². The summed E-state index contributed by atoms with van der Waals surface area (Å²) in [6, 6.07) is 0.517. The molecule has 2 rings (SSSR count). The Kier molecular flexibility index (Phi) is 5.37. The molecule has 1 unspecified atom stereocenters. The Morgan fingerprint density at radius 2 is 2.16 bits per heavy atom. The van der Waals surface area contributed by atoms with Crippen LogP contribution in [0.5, 0.6) is 0 Å². The highest BCUT2D eigenvalue weighted by molar-refractivity contribution is 7.11. The molecule has 1 aliphatic heterocycles. The molecule has 0 spiro atoms. The van der Waals surface area contributed by atoms with Crippen molar-refractivity contribution in [1.29, 1.82) is 0 Å². The van der Waals surface area contributed by atoms with Gasteiger partial charge in [-0.05, 0) is 18.8 Å². The predicted molar refractivity (Wildman–Crippen MR) is 80.9 cm³/mol. The van der Waals surface area contributed by atoms with Crippen LogP contribution in [0.2, 0.25) is 0 Å². The molecule has 1 saturated heterocycles. The maximum absolute atomic E-state index is 5.72. The topological polar surface area (TPSA) is 34.1 Å². The third-order valence-electron chi connectivity index (χ3n) is 3.42. The van der Waals surface area contributed by atoms with Crippen LogP contribution in [0.25, 0.3) is 0 Å². The molecule has 0 amide bonds. The number of thiazole rings is 1. The summed E-state index contributed by atoms with van der Waals surface area (Å²) in [7, 11) is 0. The summed E-state index contributed by atoms with van der Waals surface area (Å²) in [4.78, 5) is 6.25. The first-order chi connectivity index (χ1) is 9.06. The first-order valence-corrected chi connectivity index (χ1v) is 8.21. The Morgan fingerprint density at radius 1 is 1.37 bits per heavy atom. The van der Waals surface area contributed by atoms with Crippen molar-refractivity contribution in [3.8, 4) is 0 Å². The summed E-state index contributed by atoms with van der Waals surface area (Å²) in [5, 5.41) is 4.75. The third-order valence-corrected chi connectivity index (χ3v) is 4.51. The molecular formula is C15H26N2OS. The average Bonchev–Trinajstić information content (AvgIpc) is 2.96. The van der Waals surface area contributed by atoms with E-state index >= 15 is 0 Å². The van der Waals surface area contributed by atoms with Crippen molar-refractivity contribution in [2.75, 3.05) is 6.61 Å². The summed E-state index contributed by atoms with van der Waals surface area (Å²) in [6.45, 7) is 10.7. The molecule has 0 aliphatic carbocycles. The lowest BCUT2D eigenvalue weighted by Gasteiger charge is -2.09. The molecule has 0 bridgehead atoms. The van der Waals surface area contributed by atoms with Crippen LogP contribution < -0.4 is 5.32 Å². The molecular weight excluding hydrogens is 256 g/mol. The van der Waals surface area contributed by atoms with E-state index in [4.69, 9.17) is 9.72 Å². The van der Waals surface area contributed by atoms with Gasteiger partial charge in [0.05, 0.1) is 16.8 Å². The van der Waals surface area contributed by atoms with E-state index in [1.54, 1.807) is 0 Å². The third kappa shape index (κ3) is 4.26. The summed E-state index contributed by atoms with van der Waals surface area (Å²) in [6.07, 6.45) is 3.79. The van der Waals surface area contributed by atoms with E-state index in [-0.39, 0.29) is 0 Å². The van der Waals surface area contributed by atoms with Gasteiger partial charge in [0.25, 0.3) is 0 Å². The Labute approximate surface area is 120 Å². The highest BCUT2D eigenvalue weighted by atomic mass is 32.1. The lowest BCUT2D eigenvalue weighted by Crippen LogP contribution is -2.22. The van der Waals surface area contributed by atoms with Gasteiger partial charge in [0.2, 0.25) is 0 Å². The van der Waals surface area contributed by atoms with Gasteiger partial charge in [-0.1, -0.05) is 27.7 Å². The zero-order chi connectivity index (χ0) is 13.8. The highest BCUT2D eigenvalue weighted by Crippen LogP contribution is 2.27. The molecule has 1 atom stereocenters. The Bertz CT molecular complexity index is 395. The number of aromatic nitrogens is 1. The SMILES string of the molecule is CC(C)NCc1sc(CC2CCCO2)nc1C(C)C. The van der Waals surface area contributed by atoms with E-state index < -0.39 is 0 Å². The zero-order valence-corrected chi connectivity index (χ0v) is 13.3. The number of nitrogens with zero attached hydrogens (tertiary/aromatic N) is 1. The van der Waals surface area contributed by atoms with Crippen LogP contribution in [0, 0.1) is 0 Å². The standard InChI is InChI=1S/C15H26N2OS/c1-10(2)15-13(9-16-11(3)4)19-14(17-15)8-12-6-5-7-18-12/h10-12,16H,5-9H2,1-4H3. The van der Waals surface area contributed by atoms with Crippen molar-refractivity contribution in [1.82, 2.24) is 10.3 Å². The molecule has 0 saturated carbocycles. The first kappa shape index (κ1) is 14.9. The fourth-order valence-corrected chi connectivity index (χ4v) is 3.62. The Hall–Kier alpha value is -0.450. The highest BCUT2D eigenvalue weighted by Gasteiger charge is 2.20. The zero-order valence-electron chi connectivity index (χ0n) is 12.5. The second kappa shape index (κ2) is 6.82. The number of nitrogens with one attached hydrogen (secondary N) is 1. The summed E-state index contributed by atoms with van der Waals surface area (Å²) in [5.74, 6) is 0.499. The molecule has 19 heavy (non-hydrogen) atoms. The Balaban J connectivity index is 2.05. The van der Waals surface area contributed by atoms with Gasteiger partial charge in [0.1, 0.15) is 0 Å².